The maximum absolute atomic E-state index is 12.5. The monoisotopic (exact) mass is 420 g/mol. The van der Waals surface area contributed by atoms with Crippen molar-refractivity contribution < 1.29 is 13.2 Å². The molecule has 1 heterocycles. The van der Waals surface area contributed by atoms with Gasteiger partial charge in [0.2, 0.25) is 15.9 Å². The van der Waals surface area contributed by atoms with Crippen LogP contribution in [-0.4, -0.2) is 43.7 Å². The first-order valence-corrected chi connectivity index (χ1v) is 10.5. The van der Waals surface area contributed by atoms with Crippen LogP contribution in [0.15, 0.2) is 41.3 Å². The molecule has 0 fully saturated rings. The predicted octanol–water partition coefficient (Wildman–Crippen LogP) is 3.72. The van der Waals surface area contributed by atoms with Crippen LogP contribution in [0.2, 0.25) is 9.36 Å². The molecule has 0 unspecified atom stereocenters. The first-order chi connectivity index (χ1) is 11.7. The van der Waals surface area contributed by atoms with Gasteiger partial charge >= 0.3 is 0 Å². The number of carbonyl (C=O) groups is 1. The molecular weight excluding hydrogens is 403 g/mol. The van der Waals surface area contributed by atoms with E-state index in [1.54, 1.807) is 11.0 Å². The van der Waals surface area contributed by atoms with Crippen LogP contribution < -0.4 is 0 Å². The van der Waals surface area contributed by atoms with Crippen LogP contribution in [0.25, 0.3) is 0 Å². The van der Waals surface area contributed by atoms with Crippen molar-refractivity contribution in [1.82, 2.24) is 9.21 Å². The quantitative estimate of drug-likeness (QED) is 0.685. The molecule has 0 aliphatic carbocycles. The standard InChI is InChI=1S/C16H18Cl2N2O3S2/c1-3-20(10-13-6-9-15(18)24-13)16(21)11-19(2)25(22,23)14-7-4-12(17)5-8-14/h4-9H,3,10-11H2,1-2H3. The smallest absolute Gasteiger partial charge is 0.243 e. The topological polar surface area (TPSA) is 57.7 Å². The van der Waals surface area contributed by atoms with E-state index in [1.165, 1.54) is 42.6 Å². The van der Waals surface area contributed by atoms with Gasteiger partial charge in [0, 0.05) is 23.5 Å². The minimum Gasteiger partial charge on any atom is -0.337 e. The molecule has 0 radical (unpaired) electrons. The van der Waals surface area contributed by atoms with Crippen molar-refractivity contribution in [2.45, 2.75) is 18.4 Å². The van der Waals surface area contributed by atoms with E-state index in [0.717, 1.165) is 9.18 Å². The number of rotatable bonds is 7. The molecule has 136 valence electrons. The number of amides is 1. The summed E-state index contributed by atoms with van der Waals surface area (Å²) in [5, 5.41) is 0.449. The highest BCUT2D eigenvalue weighted by Crippen LogP contribution is 2.23. The minimum absolute atomic E-state index is 0.0975. The molecule has 0 N–H and O–H groups in total. The van der Waals surface area contributed by atoms with E-state index in [9.17, 15) is 13.2 Å². The zero-order chi connectivity index (χ0) is 18.6. The third-order valence-corrected chi connectivity index (χ3v) is 6.88. The largest absolute Gasteiger partial charge is 0.337 e. The molecule has 9 heteroatoms. The summed E-state index contributed by atoms with van der Waals surface area (Å²) < 4.78 is 26.8. The van der Waals surface area contributed by atoms with E-state index >= 15 is 0 Å². The van der Waals surface area contributed by atoms with Gasteiger partial charge in [0.1, 0.15) is 0 Å². The molecule has 5 nitrogen and oxygen atoms in total. The van der Waals surface area contributed by atoms with Crippen molar-refractivity contribution in [3.8, 4) is 0 Å². The van der Waals surface area contributed by atoms with Crippen LogP contribution in [0.3, 0.4) is 0 Å². The number of sulfonamides is 1. The molecule has 2 rings (SSSR count). The molecule has 25 heavy (non-hydrogen) atoms. The molecular formula is C16H18Cl2N2O3S2. The lowest BCUT2D eigenvalue weighted by molar-refractivity contribution is -0.131. The van der Waals surface area contributed by atoms with Gasteiger partial charge in [-0.3, -0.25) is 4.79 Å². The van der Waals surface area contributed by atoms with E-state index < -0.39 is 10.0 Å². The third kappa shape index (κ3) is 5.18. The van der Waals surface area contributed by atoms with Gasteiger partial charge in [-0.25, -0.2) is 8.42 Å². The molecule has 0 aliphatic heterocycles. The van der Waals surface area contributed by atoms with Crippen molar-refractivity contribution in [1.29, 1.82) is 0 Å². The van der Waals surface area contributed by atoms with Crippen LogP contribution in [0, 0.1) is 0 Å². The molecule has 1 aromatic heterocycles. The van der Waals surface area contributed by atoms with Gasteiger partial charge in [0.15, 0.2) is 0 Å². The summed E-state index contributed by atoms with van der Waals surface area (Å²) in [6, 6.07) is 9.48. The van der Waals surface area contributed by atoms with E-state index in [0.29, 0.717) is 22.4 Å². The second-order valence-electron chi connectivity index (χ2n) is 5.33. The summed E-state index contributed by atoms with van der Waals surface area (Å²) in [4.78, 5) is 15.1. The van der Waals surface area contributed by atoms with E-state index in [2.05, 4.69) is 0 Å². The van der Waals surface area contributed by atoms with Gasteiger partial charge in [-0.1, -0.05) is 23.2 Å². The fourth-order valence-corrected chi connectivity index (χ4v) is 4.51. The highest BCUT2D eigenvalue weighted by atomic mass is 35.5. The average Bonchev–Trinajstić information content (AvgIpc) is 2.97. The van der Waals surface area contributed by atoms with Crippen LogP contribution in [0.5, 0.6) is 0 Å². The number of thiophene rings is 1. The maximum atomic E-state index is 12.5. The predicted molar refractivity (Wildman–Crippen MR) is 102 cm³/mol. The van der Waals surface area contributed by atoms with Gasteiger partial charge < -0.3 is 4.90 Å². The molecule has 0 saturated carbocycles. The summed E-state index contributed by atoms with van der Waals surface area (Å²) in [6.45, 7) is 2.49. The van der Waals surface area contributed by atoms with E-state index in [4.69, 9.17) is 23.2 Å². The van der Waals surface area contributed by atoms with Gasteiger partial charge in [-0.15, -0.1) is 11.3 Å². The highest BCUT2D eigenvalue weighted by Gasteiger charge is 2.25. The molecule has 0 spiro atoms. The Labute approximate surface area is 161 Å². The molecule has 1 amide bonds. The summed E-state index contributed by atoms with van der Waals surface area (Å²) in [7, 11) is -2.37. The summed E-state index contributed by atoms with van der Waals surface area (Å²) in [6.07, 6.45) is 0. The van der Waals surface area contributed by atoms with Crippen molar-refractivity contribution in [2.75, 3.05) is 20.1 Å². The Kier molecular flexibility index (Phi) is 6.87. The second kappa shape index (κ2) is 8.51. The molecule has 0 saturated heterocycles. The van der Waals surface area contributed by atoms with E-state index in [1.807, 2.05) is 13.0 Å². The zero-order valence-electron chi connectivity index (χ0n) is 13.8. The lowest BCUT2D eigenvalue weighted by Gasteiger charge is -2.24. The van der Waals surface area contributed by atoms with Crippen molar-refractivity contribution in [2.24, 2.45) is 0 Å². The fourth-order valence-electron chi connectivity index (χ4n) is 2.16. The van der Waals surface area contributed by atoms with Crippen molar-refractivity contribution >= 4 is 50.5 Å². The van der Waals surface area contributed by atoms with Gasteiger partial charge in [0.05, 0.1) is 22.3 Å². The first-order valence-electron chi connectivity index (χ1n) is 7.48. The SMILES string of the molecule is CCN(Cc1ccc(Cl)s1)C(=O)CN(C)S(=O)(=O)c1ccc(Cl)cc1. The first kappa shape index (κ1) is 20.2. The van der Waals surface area contributed by atoms with Crippen LogP contribution in [-0.2, 0) is 21.4 Å². The van der Waals surface area contributed by atoms with Crippen LogP contribution >= 0.6 is 34.5 Å². The van der Waals surface area contributed by atoms with Gasteiger partial charge in [-0.2, -0.15) is 4.31 Å². The zero-order valence-corrected chi connectivity index (χ0v) is 16.9. The Hall–Kier alpha value is -1.12. The van der Waals surface area contributed by atoms with Crippen LogP contribution in [0.4, 0.5) is 0 Å². The average molecular weight is 421 g/mol. The maximum Gasteiger partial charge on any atom is 0.243 e. The third-order valence-electron chi connectivity index (χ3n) is 3.59. The van der Waals surface area contributed by atoms with Crippen molar-refractivity contribution in [3.05, 3.63) is 50.6 Å². The Morgan fingerprint density at radius 3 is 2.28 bits per heavy atom. The highest BCUT2D eigenvalue weighted by molar-refractivity contribution is 7.89. The molecule has 0 aliphatic rings. The Morgan fingerprint density at radius 1 is 1.12 bits per heavy atom. The molecule has 0 bridgehead atoms. The summed E-state index contributed by atoms with van der Waals surface area (Å²) >= 11 is 13.1. The van der Waals surface area contributed by atoms with Gasteiger partial charge in [-0.05, 0) is 43.3 Å². The normalized spacial score (nSPS) is 11.7. The Morgan fingerprint density at radius 2 is 1.76 bits per heavy atom. The second-order valence-corrected chi connectivity index (χ2v) is 9.61. The molecule has 1 aromatic carbocycles. The molecule has 2 aromatic rings. The number of halogens is 2. The van der Waals surface area contributed by atoms with Crippen LogP contribution in [0.1, 0.15) is 11.8 Å². The number of nitrogens with zero attached hydrogens (tertiary/aromatic N) is 2. The lowest BCUT2D eigenvalue weighted by Crippen LogP contribution is -2.40. The van der Waals surface area contributed by atoms with Gasteiger partial charge in [0.25, 0.3) is 0 Å². The number of likely N-dealkylation sites (N-methyl/N-ethyl adjacent to an activating group) is 2. The number of benzene rings is 1. The number of carbonyl (C=O) groups excluding carboxylic acids is 1. The fraction of sp³-hybridized carbons (Fsp3) is 0.312. The van der Waals surface area contributed by atoms with E-state index in [-0.39, 0.29) is 17.3 Å². The Balaban J connectivity index is 2.07. The Bertz CT molecular complexity index is 835. The summed E-state index contributed by atoms with van der Waals surface area (Å²) in [5.74, 6) is -0.271. The summed E-state index contributed by atoms with van der Waals surface area (Å²) in [5.41, 5.74) is 0. The van der Waals surface area contributed by atoms with Crippen molar-refractivity contribution in [3.63, 3.8) is 0 Å². The lowest BCUT2D eigenvalue weighted by atomic mass is 10.4. The number of hydrogen-bond donors (Lipinski definition) is 0. The number of hydrogen-bond acceptors (Lipinski definition) is 4. The minimum atomic E-state index is -3.75. The molecule has 0 atom stereocenters.